The maximum atomic E-state index is 12.5. The summed E-state index contributed by atoms with van der Waals surface area (Å²) >= 11 is 0. The minimum absolute atomic E-state index is 0.0519. The van der Waals surface area contributed by atoms with Crippen LogP contribution in [0.4, 0.5) is 0 Å². The predicted octanol–water partition coefficient (Wildman–Crippen LogP) is 3.00. The molecule has 0 aromatic rings. The molecule has 0 fully saturated rings. The third-order valence-electron chi connectivity index (χ3n) is 3.08. The normalized spacial score (nSPS) is 11.2. The zero-order chi connectivity index (χ0) is 19.4. The Balaban J connectivity index is 4.95. The minimum atomic E-state index is -0.585. The molecule has 0 atom stereocenters. The molecule has 2 amide bonds. The highest BCUT2D eigenvalue weighted by Crippen LogP contribution is 2.09. The van der Waals surface area contributed by atoms with Gasteiger partial charge in [0.2, 0.25) is 0 Å². The zero-order valence-electron chi connectivity index (χ0n) is 15.7. The molecule has 0 aliphatic heterocycles. The van der Waals surface area contributed by atoms with Crippen LogP contribution in [0.5, 0.6) is 0 Å². The van der Waals surface area contributed by atoms with Crippen LogP contribution >= 0.6 is 0 Å². The second-order valence-corrected chi connectivity index (χ2v) is 6.01. The van der Waals surface area contributed by atoms with Crippen molar-refractivity contribution in [2.75, 3.05) is 19.9 Å². The predicted molar refractivity (Wildman–Crippen MR) is 96.5 cm³/mol. The number of carbonyl (C=O) groups is 3. The first-order chi connectivity index (χ1) is 11.7. The average Bonchev–Trinajstić information content (AvgIpc) is 2.57. The summed E-state index contributed by atoms with van der Waals surface area (Å²) in [4.78, 5) is 37.1. The van der Waals surface area contributed by atoms with E-state index < -0.39 is 17.8 Å². The molecule has 0 radical (unpaired) electrons. The molecule has 0 unspecified atom stereocenters. The largest absolute Gasteiger partial charge is 0.462 e. The third kappa shape index (κ3) is 9.00. The molecule has 0 rings (SSSR count). The second-order valence-electron chi connectivity index (χ2n) is 6.01. The lowest BCUT2D eigenvalue weighted by atomic mass is 10.1. The van der Waals surface area contributed by atoms with Gasteiger partial charge in [0.25, 0.3) is 11.8 Å². The third-order valence-corrected chi connectivity index (χ3v) is 3.08. The Morgan fingerprint density at radius 2 is 1.88 bits per heavy atom. The van der Waals surface area contributed by atoms with Gasteiger partial charge in [-0.2, -0.15) is 0 Å². The molecule has 0 aromatic carbocycles. The SMILES string of the molecule is C=CC(=O)N(COCC(C)C)C(=O)C(C)=CC(=C)C(=O)OCCCC. The van der Waals surface area contributed by atoms with Crippen molar-refractivity contribution in [2.45, 2.75) is 40.5 Å². The van der Waals surface area contributed by atoms with Crippen molar-refractivity contribution in [2.24, 2.45) is 5.92 Å². The van der Waals surface area contributed by atoms with E-state index in [4.69, 9.17) is 9.47 Å². The smallest absolute Gasteiger partial charge is 0.337 e. The van der Waals surface area contributed by atoms with Crippen LogP contribution in [-0.2, 0) is 23.9 Å². The Kier molecular flexibility index (Phi) is 11.1. The number of rotatable bonds is 11. The van der Waals surface area contributed by atoms with Crippen molar-refractivity contribution in [1.29, 1.82) is 0 Å². The number of carbonyl (C=O) groups excluding carboxylic acids is 3. The molecule has 0 N–H and O–H groups in total. The number of imide groups is 1. The lowest BCUT2D eigenvalue weighted by Gasteiger charge is -2.20. The van der Waals surface area contributed by atoms with Gasteiger partial charge in [0.1, 0.15) is 6.73 Å². The summed E-state index contributed by atoms with van der Waals surface area (Å²) in [6, 6.07) is 0. The van der Waals surface area contributed by atoms with Crippen LogP contribution in [0, 0.1) is 5.92 Å². The van der Waals surface area contributed by atoms with Crippen molar-refractivity contribution in [3.63, 3.8) is 0 Å². The fraction of sp³-hybridized carbons (Fsp3) is 0.526. The molecule has 25 heavy (non-hydrogen) atoms. The van der Waals surface area contributed by atoms with Gasteiger partial charge in [-0.1, -0.05) is 40.3 Å². The van der Waals surface area contributed by atoms with Crippen LogP contribution in [0.3, 0.4) is 0 Å². The summed E-state index contributed by atoms with van der Waals surface area (Å²) in [5.41, 5.74) is 0.233. The number of unbranched alkanes of at least 4 members (excludes halogenated alkanes) is 1. The molecular weight excluding hydrogens is 322 g/mol. The highest BCUT2D eigenvalue weighted by molar-refractivity contribution is 6.08. The first-order valence-electron chi connectivity index (χ1n) is 8.34. The monoisotopic (exact) mass is 351 g/mol. The Labute approximate surface area is 150 Å². The van der Waals surface area contributed by atoms with E-state index in [9.17, 15) is 14.4 Å². The van der Waals surface area contributed by atoms with Gasteiger partial charge in [-0.05, 0) is 31.4 Å². The van der Waals surface area contributed by atoms with Gasteiger partial charge >= 0.3 is 5.97 Å². The number of esters is 1. The first-order valence-corrected chi connectivity index (χ1v) is 8.34. The lowest BCUT2D eigenvalue weighted by molar-refractivity contribution is -0.146. The van der Waals surface area contributed by atoms with Crippen molar-refractivity contribution in [3.8, 4) is 0 Å². The Morgan fingerprint density at radius 3 is 2.40 bits per heavy atom. The van der Waals surface area contributed by atoms with Crippen LogP contribution in [0.15, 0.2) is 36.5 Å². The molecule has 6 heteroatoms. The summed E-state index contributed by atoms with van der Waals surface area (Å²) < 4.78 is 10.4. The molecule has 0 saturated carbocycles. The molecular formula is C19H29NO5. The Bertz CT molecular complexity index is 534. The molecule has 0 spiro atoms. The number of hydrogen-bond acceptors (Lipinski definition) is 5. The fourth-order valence-electron chi connectivity index (χ4n) is 1.71. The first kappa shape index (κ1) is 22.8. The van der Waals surface area contributed by atoms with E-state index >= 15 is 0 Å². The maximum Gasteiger partial charge on any atom is 0.337 e. The quantitative estimate of drug-likeness (QED) is 0.188. The van der Waals surface area contributed by atoms with Gasteiger partial charge in [-0.25, -0.2) is 4.79 Å². The summed E-state index contributed by atoms with van der Waals surface area (Å²) in [6.07, 6.45) is 4.01. The molecule has 0 aliphatic carbocycles. The van der Waals surface area contributed by atoms with Gasteiger partial charge in [-0.15, -0.1) is 0 Å². The molecule has 0 saturated heterocycles. The summed E-state index contributed by atoms with van der Waals surface area (Å²) in [6.45, 7) is 14.9. The zero-order valence-corrected chi connectivity index (χ0v) is 15.7. The summed E-state index contributed by atoms with van der Waals surface area (Å²) in [7, 11) is 0. The van der Waals surface area contributed by atoms with Crippen LogP contribution in [0.1, 0.15) is 40.5 Å². The van der Waals surface area contributed by atoms with E-state index in [0.29, 0.717) is 13.2 Å². The minimum Gasteiger partial charge on any atom is -0.462 e. The topological polar surface area (TPSA) is 72.9 Å². The maximum absolute atomic E-state index is 12.5. The Morgan fingerprint density at radius 1 is 1.24 bits per heavy atom. The molecule has 0 bridgehead atoms. The van der Waals surface area contributed by atoms with Crippen molar-refractivity contribution in [3.05, 3.63) is 36.5 Å². The van der Waals surface area contributed by atoms with E-state index in [1.807, 2.05) is 20.8 Å². The number of nitrogens with zero attached hydrogens (tertiary/aromatic N) is 1. The van der Waals surface area contributed by atoms with Crippen molar-refractivity contribution in [1.82, 2.24) is 4.90 Å². The average molecular weight is 351 g/mol. The summed E-state index contributed by atoms with van der Waals surface area (Å²) in [5, 5.41) is 0. The van der Waals surface area contributed by atoms with Gasteiger partial charge < -0.3 is 9.47 Å². The highest BCUT2D eigenvalue weighted by Gasteiger charge is 2.21. The van der Waals surface area contributed by atoms with Crippen LogP contribution in [0.2, 0.25) is 0 Å². The number of ether oxygens (including phenoxy) is 2. The van der Waals surface area contributed by atoms with E-state index in [1.54, 1.807) is 0 Å². The van der Waals surface area contributed by atoms with E-state index in [-0.39, 0.29) is 23.8 Å². The van der Waals surface area contributed by atoms with Crippen LogP contribution in [0.25, 0.3) is 0 Å². The number of hydrogen-bond donors (Lipinski definition) is 0. The summed E-state index contributed by atoms with van der Waals surface area (Å²) in [5.74, 6) is -1.46. The van der Waals surface area contributed by atoms with E-state index in [0.717, 1.165) is 23.8 Å². The molecule has 0 aliphatic rings. The highest BCUT2D eigenvalue weighted by atomic mass is 16.5. The van der Waals surface area contributed by atoms with E-state index in [2.05, 4.69) is 13.2 Å². The van der Waals surface area contributed by atoms with Crippen LogP contribution in [-0.4, -0.2) is 42.6 Å². The van der Waals surface area contributed by atoms with E-state index in [1.165, 1.54) is 13.0 Å². The lowest BCUT2D eigenvalue weighted by Crippen LogP contribution is -2.38. The molecule has 6 nitrogen and oxygen atoms in total. The Hall–Kier alpha value is -2.21. The molecule has 0 aromatic heterocycles. The van der Waals surface area contributed by atoms with Gasteiger partial charge in [0.15, 0.2) is 0 Å². The standard InChI is InChI=1S/C19H29NO5/c1-7-9-10-25-19(23)16(6)11-15(5)18(22)20(17(21)8-2)13-24-12-14(3)4/h8,11,14H,2,6-7,9-10,12-13H2,1,3-5H3. The fourth-order valence-corrected chi connectivity index (χ4v) is 1.71. The van der Waals surface area contributed by atoms with Gasteiger partial charge in [-0.3, -0.25) is 14.5 Å². The number of amides is 2. The van der Waals surface area contributed by atoms with Crippen LogP contribution < -0.4 is 0 Å². The second kappa shape index (κ2) is 12.2. The van der Waals surface area contributed by atoms with Gasteiger partial charge in [0.05, 0.1) is 18.8 Å². The van der Waals surface area contributed by atoms with Crippen molar-refractivity contribution >= 4 is 17.8 Å². The van der Waals surface area contributed by atoms with Gasteiger partial charge in [0, 0.05) is 5.57 Å². The van der Waals surface area contributed by atoms with Crippen molar-refractivity contribution < 1.29 is 23.9 Å². The molecule has 0 heterocycles. The molecule has 140 valence electrons.